The number of aliphatic hydroxyl groups excluding tert-OH is 1. The van der Waals surface area contributed by atoms with E-state index in [2.05, 4.69) is 10.3 Å². The summed E-state index contributed by atoms with van der Waals surface area (Å²) in [6.45, 7) is 0.777. The minimum atomic E-state index is -0.215. The highest BCUT2D eigenvalue weighted by Crippen LogP contribution is 2.30. The van der Waals surface area contributed by atoms with Crippen molar-refractivity contribution in [3.63, 3.8) is 0 Å². The zero-order valence-corrected chi connectivity index (χ0v) is 11.4. The Kier molecular flexibility index (Phi) is 4.54. The highest BCUT2D eigenvalue weighted by molar-refractivity contribution is 6.41. The summed E-state index contributed by atoms with van der Waals surface area (Å²) < 4.78 is 0. The van der Waals surface area contributed by atoms with Gasteiger partial charge in [0.25, 0.3) is 5.91 Å². The Labute approximate surface area is 116 Å². The number of nitrogens with one attached hydrogen (secondary N) is 2. The van der Waals surface area contributed by atoms with Gasteiger partial charge in [0, 0.05) is 13.2 Å². The highest BCUT2D eigenvalue weighted by atomic mass is 35.5. The summed E-state index contributed by atoms with van der Waals surface area (Å²) >= 11 is 11.5. The van der Waals surface area contributed by atoms with Crippen molar-refractivity contribution in [1.82, 2.24) is 10.3 Å². The maximum absolute atomic E-state index is 11.8. The molecule has 0 spiro atoms. The van der Waals surface area contributed by atoms with E-state index >= 15 is 0 Å². The van der Waals surface area contributed by atoms with Gasteiger partial charge in [0.2, 0.25) is 0 Å². The SMILES string of the molecule is O=C(NCC1CCCC1CO)c1cc(Cl)c(Cl)[nH]1. The molecule has 1 aliphatic rings. The fraction of sp³-hybridized carbons (Fsp3) is 0.583. The number of aromatic amines is 1. The van der Waals surface area contributed by atoms with Crippen LogP contribution in [0.1, 0.15) is 29.8 Å². The van der Waals surface area contributed by atoms with E-state index in [1.54, 1.807) is 0 Å². The second kappa shape index (κ2) is 5.95. The number of H-pyrrole nitrogens is 1. The third-order valence-electron chi connectivity index (χ3n) is 3.55. The third kappa shape index (κ3) is 2.99. The van der Waals surface area contributed by atoms with E-state index in [1.807, 2.05) is 0 Å². The Morgan fingerprint density at radius 1 is 1.44 bits per heavy atom. The Morgan fingerprint density at radius 2 is 2.17 bits per heavy atom. The molecule has 2 unspecified atom stereocenters. The molecule has 1 aromatic heterocycles. The van der Waals surface area contributed by atoms with Crippen LogP contribution in [0.15, 0.2) is 6.07 Å². The first kappa shape index (κ1) is 13.7. The van der Waals surface area contributed by atoms with Crippen LogP contribution in [0.4, 0.5) is 0 Å². The molecular weight excluding hydrogens is 275 g/mol. The first-order valence-electron chi connectivity index (χ1n) is 6.05. The van der Waals surface area contributed by atoms with Gasteiger partial charge >= 0.3 is 0 Å². The number of amides is 1. The van der Waals surface area contributed by atoms with Gasteiger partial charge in [-0.05, 0) is 30.7 Å². The van der Waals surface area contributed by atoms with Crippen LogP contribution in [0.3, 0.4) is 0 Å². The molecule has 3 N–H and O–H groups in total. The number of aliphatic hydroxyl groups is 1. The van der Waals surface area contributed by atoms with Gasteiger partial charge < -0.3 is 15.4 Å². The van der Waals surface area contributed by atoms with Gasteiger partial charge in [0.15, 0.2) is 0 Å². The lowest BCUT2D eigenvalue weighted by Crippen LogP contribution is -2.31. The second-order valence-electron chi connectivity index (χ2n) is 4.69. The largest absolute Gasteiger partial charge is 0.396 e. The lowest BCUT2D eigenvalue weighted by Gasteiger charge is -2.17. The van der Waals surface area contributed by atoms with E-state index in [4.69, 9.17) is 23.2 Å². The molecule has 1 aromatic rings. The van der Waals surface area contributed by atoms with E-state index in [-0.39, 0.29) is 17.7 Å². The van der Waals surface area contributed by atoms with Gasteiger partial charge in [-0.15, -0.1) is 0 Å². The molecule has 6 heteroatoms. The molecule has 0 radical (unpaired) electrons. The summed E-state index contributed by atoms with van der Waals surface area (Å²) in [5.74, 6) is 0.452. The zero-order valence-electron chi connectivity index (χ0n) is 9.88. The normalized spacial score (nSPS) is 23.3. The summed E-state index contributed by atoms with van der Waals surface area (Å²) in [7, 11) is 0. The minimum absolute atomic E-state index is 0.195. The van der Waals surface area contributed by atoms with Gasteiger partial charge in [0.1, 0.15) is 10.8 Å². The molecule has 1 amide bonds. The van der Waals surface area contributed by atoms with Crippen LogP contribution in [-0.4, -0.2) is 29.1 Å². The topological polar surface area (TPSA) is 65.1 Å². The summed E-state index contributed by atoms with van der Waals surface area (Å²) in [6.07, 6.45) is 3.21. The average Bonchev–Trinajstić information content (AvgIpc) is 2.93. The van der Waals surface area contributed by atoms with E-state index in [0.717, 1.165) is 19.3 Å². The van der Waals surface area contributed by atoms with Crippen LogP contribution in [0, 0.1) is 11.8 Å². The predicted octanol–water partition coefficient (Wildman–Crippen LogP) is 2.46. The molecule has 4 nitrogen and oxygen atoms in total. The number of carbonyl (C=O) groups is 1. The molecule has 2 rings (SSSR count). The van der Waals surface area contributed by atoms with Crippen molar-refractivity contribution in [2.24, 2.45) is 11.8 Å². The lowest BCUT2D eigenvalue weighted by molar-refractivity contribution is 0.0933. The molecule has 1 aliphatic carbocycles. The number of rotatable bonds is 4. The van der Waals surface area contributed by atoms with Crippen molar-refractivity contribution in [2.75, 3.05) is 13.2 Å². The molecule has 18 heavy (non-hydrogen) atoms. The van der Waals surface area contributed by atoms with Crippen molar-refractivity contribution in [2.45, 2.75) is 19.3 Å². The van der Waals surface area contributed by atoms with Crippen LogP contribution >= 0.6 is 23.2 Å². The van der Waals surface area contributed by atoms with Gasteiger partial charge in [-0.25, -0.2) is 0 Å². The Morgan fingerprint density at radius 3 is 2.78 bits per heavy atom. The molecule has 2 atom stereocenters. The van der Waals surface area contributed by atoms with Crippen molar-refractivity contribution in [3.8, 4) is 0 Å². The molecule has 1 saturated carbocycles. The Hall–Kier alpha value is -0.710. The van der Waals surface area contributed by atoms with E-state index in [1.165, 1.54) is 6.07 Å². The lowest BCUT2D eigenvalue weighted by atomic mass is 9.97. The molecule has 0 saturated heterocycles. The fourth-order valence-electron chi connectivity index (χ4n) is 2.47. The monoisotopic (exact) mass is 290 g/mol. The molecular formula is C12H16Cl2N2O2. The van der Waals surface area contributed by atoms with Crippen molar-refractivity contribution in [1.29, 1.82) is 0 Å². The van der Waals surface area contributed by atoms with Gasteiger partial charge in [0.05, 0.1) is 5.02 Å². The maximum atomic E-state index is 11.8. The summed E-state index contributed by atoms with van der Waals surface area (Å²) in [5, 5.41) is 12.7. The maximum Gasteiger partial charge on any atom is 0.267 e. The summed E-state index contributed by atoms with van der Waals surface area (Å²) in [5.41, 5.74) is 0.364. The first-order chi connectivity index (χ1) is 8.61. The molecule has 0 bridgehead atoms. The number of hydrogen-bond donors (Lipinski definition) is 3. The number of halogens is 2. The molecule has 0 aliphatic heterocycles. The number of carbonyl (C=O) groups excluding carboxylic acids is 1. The van der Waals surface area contributed by atoms with Gasteiger partial charge in [-0.1, -0.05) is 29.6 Å². The number of aromatic nitrogens is 1. The third-order valence-corrected chi connectivity index (χ3v) is 4.24. The number of hydrogen-bond acceptors (Lipinski definition) is 2. The smallest absolute Gasteiger partial charge is 0.267 e. The van der Waals surface area contributed by atoms with E-state index in [9.17, 15) is 9.90 Å². The van der Waals surface area contributed by atoms with Crippen LogP contribution in [0.5, 0.6) is 0 Å². The van der Waals surface area contributed by atoms with Crippen LogP contribution < -0.4 is 5.32 Å². The average molecular weight is 291 g/mol. The van der Waals surface area contributed by atoms with Crippen LogP contribution in [-0.2, 0) is 0 Å². The minimum Gasteiger partial charge on any atom is -0.396 e. The fourth-order valence-corrected chi connectivity index (χ4v) is 2.78. The molecule has 1 heterocycles. The van der Waals surface area contributed by atoms with Crippen molar-refractivity contribution < 1.29 is 9.90 Å². The van der Waals surface area contributed by atoms with E-state index < -0.39 is 0 Å². The molecule has 0 aromatic carbocycles. The van der Waals surface area contributed by atoms with Crippen molar-refractivity contribution in [3.05, 3.63) is 21.9 Å². The predicted molar refractivity (Wildman–Crippen MR) is 71.1 cm³/mol. The van der Waals surface area contributed by atoms with E-state index in [0.29, 0.717) is 29.1 Å². The molecule has 100 valence electrons. The quantitative estimate of drug-likeness (QED) is 0.798. The highest BCUT2D eigenvalue weighted by Gasteiger charge is 2.27. The summed E-state index contributed by atoms with van der Waals surface area (Å²) in [6, 6.07) is 1.51. The van der Waals surface area contributed by atoms with Gasteiger partial charge in [-0.2, -0.15) is 0 Å². The Bertz CT molecular complexity index is 414. The Balaban J connectivity index is 1.88. The second-order valence-corrected chi connectivity index (χ2v) is 5.47. The zero-order chi connectivity index (χ0) is 13.1. The summed E-state index contributed by atoms with van der Waals surface area (Å²) in [4.78, 5) is 14.6. The van der Waals surface area contributed by atoms with Crippen LogP contribution in [0.25, 0.3) is 0 Å². The molecule has 1 fully saturated rings. The standard InChI is InChI=1S/C12H16Cl2N2O2/c13-9-4-10(16-11(9)14)12(18)15-5-7-2-1-3-8(7)6-17/h4,7-8,16-17H,1-3,5-6H2,(H,15,18). The van der Waals surface area contributed by atoms with Crippen molar-refractivity contribution >= 4 is 29.1 Å². The first-order valence-corrected chi connectivity index (χ1v) is 6.80. The van der Waals surface area contributed by atoms with Gasteiger partial charge in [-0.3, -0.25) is 4.79 Å². The van der Waals surface area contributed by atoms with Crippen LogP contribution in [0.2, 0.25) is 10.2 Å².